The van der Waals surface area contributed by atoms with Gasteiger partial charge in [0.15, 0.2) is 5.01 Å². The van der Waals surface area contributed by atoms with E-state index in [0.717, 1.165) is 11.3 Å². The minimum Gasteiger partial charge on any atom is -0.462 e. The summed E-state index contributed by atoms with van der Waals surface area (Å²) in [5.41, 5.74) is 4.83. The fourth-order valence-electron chi connectivity index (χ4n) is 0.744. The standard InChI is InChI=1S/C9H8N2O3S/c1-2-14-9(13)6-5-11-8(15-6)4-3-7(10)12/h5H,2H2,1H3,(H2,10,12). The van der Waals surface area contributed by atoms with E-state index in [-0.39, 0.29) is 0 Å². The Bertz CT molecular complexity index is 442. The van der Waals surface area contributed by atoms with Crippen molar-refractivity contribution in [1.29, 1.82) is 0 Å². The number of thiazole rings is 1. The van der Waals surface area contributed by atoms with Gasteiger partial charge < -0.3 is 10.5 Å². The highest BCUT2D eigenvalue weighted by Crippen LogP contribution is 2.12. The Hall–Kier alpha value is -1.87. The predicted octanol–water partition coefficient (Wildman–Crippen LogP) is 0.157. The average Bonchev–Trinajstić information content (AvgIpc) is 2.63. The van der Waals surface area contributed by atoms with E-state index in [0.29, 0.717) is 16.5 Å². The summed E-state index contributed by atoms with van der Waals surface area (Å²) in [5, 5.41) is 0.358. The lowest BCUT2D eigenvalue weighted by Crippen LogP contribution is -2.06. The first-order chi connectivity index (χ1) is 7.13. The Kier molecular flexibility index (Phi) is 3.83. The maximum absolute atomic E-state index is 11.2. The van der Waals surface area contributed by atoms with Crippen LogP contribution < -0.4 is 5.73 Å². The maximum Gasteiger partial charge on any atom is 0.349 e. The summed E-state index contributed by atoms with van der Waals surface area (Å²) in [5.74, 6) is 3.39. The Balaban J connectivity index is 2.78. The van der Waals surface area contributed by atoms with Crippen LogP contribution in [-0.2, 0) is 9.53 Å². The zero-order chi connectivity index (χ0) is 11.3. The van der Waals surface area contributed by atoms with Gasteiger partial charge in [0.05, 0.1) is 12.8 Å². The molecule has 1 heterocycles. The number of hydrogen-bond donors (Lipinski definition) is 1. The molecule has 0 fully saturated rings. The van der Waals surface area contributed by atoms with E-state index in [1.54, 1.807) is 6.92 Å². The number of hydrogen-bond acceptors (Lipinski definition) is 5. The number of primary amides is 1. The second-order valence-corrected chi connectivity index (χ2v) is 3.40. The molecule has 0 unspecified atom stereocenters. The van der Waals surface area contributed by atoms with Crippen molar-refractivity contribution in [2.24, 2.45) is 5.73 Å². The van der Waals surface area contributed by atoms with Gasteiger partial charge >= 0.3 is 5.97 Å². The molecule has 6 heteroatoms. The highest BCUT2D eigenvalue weighted by Gasteiger charge is 2.09. The normalized spacial score (nSPS) is 8.87. The summed E-state index contributed by atoms with van der Waals surface area (Å²) in [4.78, 5) is 25.7. The van der Waals surface area contributed by atoms with Crippen LogP contribution >= 0.6 is 11.3 Å². The molecular weight excluding hydrogens is 216 g/mol. The van der Waals surface area contributed by atoms with E-state index in [4.69, 9.17) is 10.5 Å². The minimum atomic E-state index is -0.733. The van der Waals surface area contributed by atoms with E-state index in [9.17, 15) is 9.59 Å². The van der Waals surface area contributed by atoms with Crippen LogP contribution in [0.4, 0.5) is 0 Å². The van der Waals surface area contributed by atoms with Gasteiger partial charge in [-0.1, -0.05) is 11.3 Å². The number of ether oxygens (including phenoxy) is 1. The second kappa shape index (κ2) is 5.12. The van der Waals surface area contributed by atoms with Gasteiger partial charge in [-0.15, -0.1) is 0 Å². The van der Waals surface area contributed by atoms with Gasteiger partial charge in [-0.05, 0) is 12.8 Å². The molecule has 0 aliphatic heterocycles. The van der Waals surface area contributed by atoms with Crippen LogP contribution in [0.5, 0.6) is 0 Å². The van der Waals surface area contributed by atoms with Gasteiger partial charge in [0.1, 0.15) is 4.88 Å². The van der Waals surface area contributed by atoms with E-state index in [1.165, 1.54) is 6.20 Å². The van der Waals surface area contributed by atoms with Gasteiger partial charge in [-0.25, -0.2) is 9.78 Å². The molecule has 0 aliphatic rings. The zero-order valence-corrected chi connectivity index (χ0v) is 8.76. The van der Waals surface area contributed by atoms with Crippen molar-refractivity contribution in [1.82, 2.24) is 4.98 Å². The number of carbonyl (C=O) groups excluding carboxylic acids is 2. The molecule has 0 spiro atoms. The molecule has 1 aromatic rings. The van der Waals surface area contributed by atoms with Gasteiger partial charge in [-0.2, -0.15) is 0 Å². The molecule has 2 N–H and O–H groups in total. The maximum atomic E-state index is 11.2. The van der Waals surface area contributed by atoms with Crippen LogP contribution in [0.25, 0.3) is 0 Å². The van der Waals surface area contributed by atoms with E-state index in [2.05, 4.69) is 16.8 Å². The summed E-state index contributed by atoms with van der Waals surface area (Å²) in [6.45, 7) is 2.02. The largest absolute Gasteiger partial charge is 0.462 e. The number of aromatic nitrogens is 1. The summed E-state index contributed by atoms with van der Waals surface area (Å²) in [7, 11) is 0. The predicted molar refractivity (Wildman–Crippen MR) is 54.1 cm³/mol. The first-order valence-electron chi connectivity index (χ1n) is 4.08. The molecule has 5 nitrogen and oxygen atoms in total. The Morgan fingerprint density at radius 3 is 3.00 bits per heavy atom. The van der Waals surface area contributed by atoms with Crippen LogP contribution in [0.2, 0.25) is 0 Å². The highest BCUT2D eigenvalue weighted by molar-refractivity contribution is 7.14. The van der Waals surface area contributed by atoms with Crippen molar-refractivity contribution >= 4 is 23.2 Å². The van der Waals surface area contributed by atoms with Crippen molar-refractivity contribution < 1.29 is 14.3 Å². The summed E-state index contributed by atoms with van der Waals surface area (Å²) in [6, 6.07) is 0. The SMILES string of the molecule is CCOC(=O)c1cnc(C#CC(N)=O)s1. The van der Waals surface area contributed by atoms with Crippen molar-refractivity contribution in [3.8, 4) is 11.8 Å². The summed E-state index contributed by atoms with van der Waals surface area (Å²) >= 11 is 1.06. The zero-order valence-electron chi connectivity index (χ0n) is 7.94. The molecule has 0 aliphatic carbocycles. The molecule has 1 aromatic heterocycles. The van der Waals surface area contributed by atoms with Crippen molar-refractivity contribution in [2.75, 3.05) is 6.61 Å². The first kappa shape index (κ1) is 11.2. The lowest BCUT2D eigenvalue weighted by atomic mass is 10.5. The van der Waals surface area contributed by atoms with Crippen LogP contribution in [0.1, 0.15) is 21.6 Å². The second-order valence-electron chi connectivity index (χ2n) is 2.36. The Morgan fingerprint density at radius 1 is 1.67 bits per heavy atom. The molecule has 0 saturated heterocycles. The van der Waals surface area contributed by atoms with E-state index in [1.807, 2.05) is 0 Å². The fraction of sp³-hybridized carbons (Fsp3) is 0.222. The summed E-state index contributed by atoms with van der Waals surface area (Å²) in [6.07, 6.45) is 1.35. The lowest BCUT2D eigenvalue weighted by Gasteiger charge is -1.95. The van der Waals surface area contributed by atoms with Crippen LogP contribution in [0, 0.1) is 11.8 Å². The highest BCUT2D eigenvalue weighted by atomic mass is 32.1. The monoisotopic (exact) mass is 224 g/mol. The third-order valence-electron chi connectivity index (χ3n) is 1.27. The van der Waals surface area contributed by atoms with Gasteiger partial charge in [0.2, 0.25) is 0 Å². The van der Waals surface area contributed by atoms with Crippen molar-refractivity contribution in [2.45, 2.75) is 6.92 Å². The number of rotatable bonds is 2. The van der Waals surface area contributed by atoms with Gasteiger partial charge in [-0.3, -0.25) is 4.79 Å². The quantitative estimate of drug-likeness (QED) is 0.573. The lowest BCUT2D eigenvalue weighted by molar-refractivity contribution is -0.112. The molecule has 0 atom stereocenters. The Labute approximate surface area is 90.3 Å². The number of carbonyl (C=O) groups is 2. The summed E-state index contributed by atoms with van der Waals surface area (Å²) < 4.78 is 4.76. The average molecular weight is 224 g/mol. The van der Waals surface area contributed by atoms with Crippen LogP contribution in [0.15, 0.2) is 6.20 Å². The number of esters is 1. The van der Waals surface area contributed by atoms with Gasteiger partial charge in [0, 0.05) is 5.92 Å². The van der Waals surface area contributed by atoms with Crippen LogP contribution in [0.3, 0.4) is 0 Å². The van der Waals surface area contributed by atoms with E-state index >= 15 is 0 Å². The molecular formula is C9H8N2O3S. The number of amides is 1. The van der Waals surface area contributed by atoms with Crippen molar-refractivity contribution in [3.05, 3.63) is 16.1 Å². The van der Waals surface area contributed by atoms with Crippen molar-refractivity contribution in [3.63, 3.8) is 0 Å². The Morgan fingerprint density at radius 2 is 2.40 bits per heavy atom. The molecule has 0 bridgehead atoms. The van der Waals surface area contributed by atoms with Crippen LogP contribution in [-0.4, -0.2) is 23.5 Å². The molecule has 0 radical (unpaired) electrons. The topological polar surface area (TPSA) is 82.3 Å². The first-order valence-corrected chi connectivity index (χ1v) is 4.89. The molecule has 78 valence electrons. The molecule has 1 amide bonds. The fourth-order valence-corrected chi connectivity index (χ4v) is 1.41. The molecule has 0 saturated carbocycles. The van der Waals surface area contributed by atoms with E-state index < -0.39 is 11.9 Å². The third-order valence-corrected chi connectivity index (χ3v) is 2.17. The third kappa shape index (κ3) is 3.40. The minimum absolute atomic E-state index is 0.305. The van der Waals surface area contributed by atoms with Gasteiger partial charge in [0.25, 0.3) is 5.91 Å². The number of nitrogens with zero attached hydrogens (tertiary/aromatic N) is 1. The smallest absolute Gasteiger partial charge is 0.349 e. The molecule has 0 aromatic carbocycles. The molecule has 1 rings (SSSR count). The molecule has 15 heavy (non-hydrogen) atoms. The number of nitrogens with two attached hydrogens (primary N) is 1.